The van der Waals surface area contributed by atoms with E-state index in [1.54, 1.807) is 19.2 Å². The molecule has 4 heteroatoms. The molecule has 0 radical (unpaired) electrons. The van der Waals surface area contributed by atoms with Crippen molar-refractivity contribution in [2.45, 2.75) is 6.42 Å². The van der Waals surface area contributed by atoms with Gasteiger partial charge in [-0.3, -0.25) is 0 Å². The van der Waals surface area contributed by atoms with Crippen LogP contribution in [0.3, 0.4) is 0 Å². The van der Waals surface area contributed by atoms with Crippen LogP contribution < -0.4 is 4.74 Å². The summed E-state index contributed by atoms with van der Waals surface area (Å²) in [6, 6.07) is 7.14. The third-order valence-corrected chi connectivity index (χ3v) is 1.79. The number of benzene rings is 1. The van der Waals surface area contributed by atoms with Gasteiger partial charge >= 0.3 is 5.43 Å². The van der Waals surface area contributed by atoms with E-state index in [9.17, 15) is 4.79 Å². The highest BCUT2D eigenvalue weighted by Crippen LogP contribution is 2.13. The molecule has 0 unspecified atom stereocenters. The lowest BCUT2D eigenvalue weighted by Gasteiger charge is -2.02. The minimum Gasteiger partial charge on any atom is -0.415 e. The first-order valence-corrected chi connectivity index (χ1v) is 4.55. The van der Waals surface area contributed by atoms with E-state index >= 15 is 0 Å². The first-order valence-electron chi connectivity index (χ1n) is 4.17. The summed E-state index contributed by atoms with van der Waals surface area (Å²) in [5, 5.41) is 0. The Morgan fingerprint density at radius 3 is 2.50 bits per heavy atom. The van der Waals surface area contributed by atoms with Gasteiger partial charge in [0.25, 0.3) is 0 Å². The van der Waals surface area contributed by atoms with Crippen LogP contribution in [-0.4, -0.2) is 19.1 Å². The molecule has 0 N–H and O–H groups in total. The Kier molecular flexibility index (Phi) is 4.43. The summed E-state index contributed by atoms with van der Waals surface area (Å²) in [7, 11) is 1.66. The number of carbonyl (C=O) groups is 1. The van der Waals surface area contributed by atoms with Gasteiger partial charge in [0.05, 0.1) is 6.61 Å². The fourth-order valence-electron chi connectivity index (χ4n) is 1.04. The van der Waals surface area contributed by atoms with Crippen molar-refractivity contribution in [2.24, 2.45) is 0 Å². The van der Waals surface area contributed by atoms with E-state index in [2.05, 4.69) is 4.74 Å². The molecule has 0 spiro atoms. The number of halogens is 1. The number of hydrogen-bond donors (Lipinski definition) is 0. The monoisotopic (exact) mass is 214 g/mol. The molecule has 0 fully saturated rings. The Hall–Kier alpha value is -1.06. The molecule has 0 saturated heterocycles. The Morgan fingerprint density at radius 1 is 1.36 bits per heavy atom. The second-order valence-electron chi connectivity index (χ2n) is 2.73. The molecule has 14 heavy (non-hydrogen) atoms. The second-order valence-corrected chi connectivity index (χ2v) is 3.04. The lowest BCUT2D eigenvalue weighted by atomic mass is 10.1. The fraction of sp³-hybridized carbons (Fsp3) is 0.300. The van der Waals surface area contributed by atoms with Crippen LogP contribution in [0, 0.1) is 0 Å². The van der Waals surface area contributed by atoms with Gasteiger partial charge in [-0.25, -0.2) is 4.79 Å². The van der Waals surface area contributed by atoms with Crippen LogP contribution in [0.2, 0.25) is 0 Å². The van der Waals surface area contributed by atoms with E-state index in [-0.39, 0.29) is 0 Å². The maximum atomic E-state index is 10.4. The SMILES string of the molecule is COCCc1ccc(OC(=O)Cl)cc1. The number of methoxy groups -OCH3 is 1. The predicted molar refractivity (Wildman–Crippen MR) is 53.9 cm³/mol. The van der Waals surface area contributed by atoms with Crippen molar-refractivity contribution in [1.29, 1.82) is 0 Å². The number of ether oxygens (including phenoxy) is 2. The normalized spacial score (nSPS) is 9.86. The average Bonchev–Trinajstić information content (AvgIpc) is 2.16. The van der Waals surface area contributed by atoms with Crippen LogP contribution in [0.15, 0.2) is 24.3 Å². The summed E-state index contributed by atoms with van der Waals surface area (Å²) in [6.45, 7) is 0.675. The summed E-state index contributed by atoms with van der Waals surface area (Å²) in [6.07, 6.45) is 0.839. The van der Waals surface area contributed by atoms with E-state index in [0.29, 0.717) is 12.4 Å². The first kappa shape index (κ1) is 11.0. The van der Waals surface area contributed by atoms with Gasteiger partial charge in [0.1, 0.15) is 5.75 Å². The van der Waals surface area contributed by atoms with E-state index in [1.807, 2.05) is 12.1 Å². The predicted octanol–water partition coefficient (Wildman–Crippen LogP) is 2.61. The largest absolute Gasteiger partial charge is 0.415 e. The molecule has 0 amide bonds. The van der Waals surface area contributed by atoms with E-state index in [4.69, 9.17) is 16.3 Å². The standard InChI is InChI=1S/C10H11ClO3/c1-13-7-6-8-2-4-9(5-3-8)14-10(11)12/h2-5H,6-7H2,1H3. The molecule has 0 aliphatic heterocycles. The van der Waals surface area contributed by atoms with Gasteiger partial charge < -0.3 is 9.47 Å². The highest BCUT2D eigenvalue weighted by atomic mass is 35.5. The molecule has 76 valence electrons. The molecule has 1 rings (SSSR count). The summed E-state index contributed by atoms with van der Waals surface area (Å²) in [5.41, 5.74) is 0.302. The van der Waals surface area contributed by atoms with Crippen molar-refractivity contribution in [3.8, 4) is 5.75 Å². The van der Waals surface area contributed by atoms with Gasteiger partial charge in [0.2, 0.25) is 0 Å². The van der Waals surface area contributed by atoms with Crippen LogP contribution in [0.25, 0.3) is 0 Å². The first-order chi connectivity index (χ1) is 6.72. The lowest BCUT2D eigenvalue weighted by molar-refractivity contribution is 0.202. The van der Waals surface area contributed by atoms with Crippen LogP contribution in [0.1, 0.15) is 5.56 Å². The van der Waals surface area contributed by atoms with Crippen molar-refractivity contribution < 1.29 is 14.3 Å². The van der Waals surface area contributed by atoms with Crippen LogP contribution in [0.4, 0.5) is 4.79 Å². The van der Waals surface area contributed by atoms with E-state index < -0.39 is 5.43 Å². The Morgan fingerprint density at radius 2 is 2.00 bits per heavy atom. The molecule has 0 saturated carbocycles. The summed E-state index contributed by atoms with van der Waals surface area (Å²) < 4.78 is 9.60. The highest BCUT2D eigenvalue weighted by molar-refractivity contribution is 6.61. The second kappa shape index (κ2) is 5.62. The molecule has 1 aromatic carbocycles. The molecule has 0 aliphatic rings. The molecule has 0 aromatic heterocycles. The maximum Gasteiger partial charge on any atom is 0.409 e. The summed E-state index contributed by atoms with van der Waals surface area (Å²) in [5.74, 6) is 0.450. The van der Waals surface area contributed by atoms with Gasteiger partial charge in [-0.05, 0) is 24.1 Å². The van der Waals surface area contributed by atoms with Gasteiger partial charge in [0, 0.05) is 18.7 Å². The van der Waals surface area contributed by atoms with Gasteiger partial charge in [-0.1, -0.05) is 12.1 Å². The zero-order valence-electron chi connectivity index (χ0n) is 7.83. The summed E-state index contributed by atoms with van der Waals surface area (Å²) in [4.78, 5) is 10.4. The van der Waals surface area contributed by atoms with Gasteiger partial charge in [-0.15, -0.1) is 0 Å². The topological polar surface area (TPSA) is 35.5 Å². The zero-order valence-corrected chi connectivity index (χ0v) is 8.58. The minimum atomic E-state index is -0.824. The average molecular weight is 215 g/mol. The minimum absolute atomic E-state index is 0.450. The maximum absolute atomic E-state index is 10.4. The summed E-state index contributed by atoms with van der Waals surface area (Å²) >= 11 is 5.05. The molecule has 1 aromatic rings. The molecular weight excluding hydrogens is 204 g/mol. The number of rotatable bonds is 4. The molecule has 3 nitrogen and oxygen atoms in total. The van der Waals surface area contributed by atoms with Crippen molar-refractivity contribution >= 4 is 17.0 Å². The van der Waals surface area contributed by atoms with E-state index in [0.717, 1.165) is 12.0 Å². The molecule has 0 aliphatic carbocycles. The van der Waals surface area contributed by atoms with E-state index in [1.165, 1.54) is 0 Å². The van der Waals surface area contributed by atoms with Crippen molar-refractivity contribution in [1.82, 2.24) is 0 Å². The molecule has 0 atom stereocenters. The van der Waals surface area contributed by atoms with Gasteiger partial charge in [0.15, 0.2) is 0 Å². The van der Waals surface area contributed by atoms with Crippen molar-refractivity contribution in [3.05, 3.63) is 29.8 Å². The third-order valence-electron chi connectivity index (χ3n) is 1.72. The van der Waals surface area contributed by atoms with Crippen molar-refractivity contribution in [2.75, 3.05) is 13.7 Å². The third kappa shape index (κ3) is 3.77. The Balaban J connectivity index is 2.54. The lowest BCUT2D eigenvalue weighted by Crippen LogP contribution is -1.97. The zero-order chi connectivity index (χ0) is 10.4. The molecule has 0 heterocycles. The molecule has 0 bridgehead atoms. The smallest absolute Gasteiger partial charge is 0.409 e. The van der Waals surface area contributed by atoms with Crippen LogP contribution in [-0.2, 0) is 11.2 Å². The number of carbonyl (C=O) groups excluding carboxylic acids is 1. The quantitative estimate of drug-likeness (QED) is 0.723. The van der Waals surface area contributed by atoms with Gasteiger partial charge in [-0.2, -0.15) is 0 Å². The Labute approximate surface area is 87.6 Å². The number of hydrogen-bond acceptors (Lipinski definition) is 3. The Bertz CT molecular complexity index is 295. The van der Waals surface area contributed by atoms with Crippen LogP contribution in [0.5, 0.6) is 5.75 Å². The van der Waals surface area contributed by atoms with Crippen LogP contribution >= 0.6 is 11.6 Å². The highest BCUT2D eigenvalue weighted by Gasteiger charge is 1.99. The fourth-order valence-corrected chi connectivity index (χ4v) is 1.13. The molecular formula is C10H11ClO3. The van der Waals surface area contributed by atoms with Crippen molar-refractivity contribution in [3.63, 3.8) is 0 Å².